The molecule has 0 saturated carbocycles. The lowest BCUT2D eigenvalue weighted by atomic mass is 9.96. The van der Waals surface area contributed by atoms with Gasteiger partial charge in [0.1, 0.15) is 11.6 Å². The van der Waals surface area contributed by atoms with E-state index in [1.54, 1.807) is 27.7 Å². The maximum absolute atomic E-state index is 14.0. The van der Waals surface area contributed by atoms with Crippen molar-refractivity contribution in [1.29, 1.82) is 0 Å². The third-order valence-electron chi connectivity index (χ3n) is 3.24. The molecule has 0 heterocycles. The van der Waals surface area contributed by atoms with Crippen LogP contribution in [0.5, 0.6) is 5.75 Å². The summed E-state index contributed by atoms with van der Waals surface area (Å²) in [6, 6.07) is 2.34. The fourth-order valence-electron chi connectivity index (χ4n) is 1.49. The number of hydrogen-bond donors (Lipinski definition) is 2. The van der Waals surface area contributed by atoms with Crippen molar-refractivity contribution in [3.63, 3.8) is 0 Å². The van der Waals surface area contributed by atoms with Crippen LogP contribution >= 0.6 is 19.0 Å². The van der Waals surface area contributed by atoms with Crippen molar-refractivity contribution in [2.24, 2.45) is 5.41 Å². The summed E-state index contributed by atoms with van der Waals surface area (Å²) in [7, 11) is -1.57. The predicted octanol–water partition coefficient (Wildman–Crippen LogP) is 4.25. The molecule has 1 amide bonds. The first-order valence-corrected chi connectivity index (χ1v) is 9.72. The summed E-state index contributed by atoms with van der Waals surface area (Å²) in [6.07, 6.45) is 0.119. The van der Waals surface area contributed by atoms with Gasteiger partial charge in [-0.25, -0.2) is 4.39 Å². The molecular weight excluding hydrogens is 358 g/mol. The molecular formula is C15H23ClFN2O4P. The van der Waals surface area contributed by atoms with Crippen molar-refractivity contribution >= 4 is 30.6 Å². The first kappa shape index (κ1) is 20.7. The van der Waals surface area contributed by atoms with Gasteiger partial charge in [0.15, 0.2) is 6.35 Å². The van der Waals surface area contributed by atoms with Gasteiger partial charge in [0.05, 0.1) is 10.7 Å². The molecule has 6 nitrogen and oxygen atoms in total. The molecule has 1 atom stereocenters. The highest BCUT2D eigenvalue weighted by Crippen LogP contribution is 2.46. The van der Waals surface area contributed by atoms with Gasteiger partial charge in [-0.2, -0.15) is 0 Å². The topological polar surface area (TPSA) is 76.7 Å². The van der Waals surface area contributed by atoms with Crippen LogP contribution in [-0.4, -0.2) is 25.5 Å². The Morgan fingerprint density at radius 3 is 2.50 bits per heavy atom. The average molecular weight is 381 g/mol. The van der Waals surface area contributed by atoms with E-state index in [9.17, 15) is 13.8 Å². The number of nitrogens with one attached hydrogen (secondary N) is 2. The van der Waals surface area contributed by atoms with Crippen molar-refractivity contribution < 1.29 is 23.0 Å². The summed E-state index contributed by atoms with van der Waals surface area (Å²) in [5, 5.41) is 0.0268. The van der Waals surface area contributed by atoms with Crippen LogP contribution in [0.15, 0.2) is 12.1 Å². The SMILES string of the molecule is CCP(=O)(COc1cc(NNC(=O)C(C)(C)C)c(F)cc1Cl)OC. The molecule has 0 aliphatic carbocycles. The summed E-state index contributed by atoms with van der Waals surface area (Å²) in [4.78, 5) is 11.8. The zero-order chi connectivity index (χ0) is 18.5. The Kier molecular flexibility index (Phi) is 7.08. The van der Waals surface area contributed by atoms with Gasteiger partial charge in [-0.1, -0.05) is 39.3 Å². The maximum atomic E-state index is 14.0. The molecule has 0 spiro atoms. The Morgan fingerprint density at radius 1 is 1.38 bits per heavy atom. The largest absolute Gasteiger partial charge is 0.482 e. The number of hydrogen-bond acceptors (Lipinski definition) is 5. The number of carbonyl (C=O) groups is 1. The summed E-state index contributed by atoms with van der Waals surface area (Å²) in [5.74, 6) is -0.836. The van der Waals surface area contributed by atoms with Crippen molar-refractivity contribution in [2.45, 2.75) is 27.7 Å². The molecule has 0 radical (unpaired) electrons. The molecule has 0 aromatic heterocycles. The van der Waals surface area contributed by atoms with E-state index < -0.39 is 18.6 Å². The fourth-order valence-corrected chi connectivity index (χ4v) is 2.57. The summed E-state index contributed by atoms with van der Waals surface area (Å²) in [5.41, 5.74) is 4.26. The van der Waals surface area contributed by atoms with E-state index in [1.807, 2.05) is 0 Å². The van der Waals surface area contributed by atoms with Gasteiger partial charge < -0.3 is 9.26 Å². The maximum Gasteiger partial charge on any atom is 0.243 e. The second-order valence-corrected chi connectivity index (χ2v) is 9.47. The number of halogens is 2. The summed E-state index contributed by atoms with van der Waals surface area (Å²) in [6.45, 7) is 6.90. The first-order chi connectivity index (χ1) is 11.0. The van der Waals surface area contributed by atoms with E-state index >= 15 is 0 Å². The highest BCUT2D eigenvalue weighted by Gasteiger charge is 2.23. The molecule has 0 bridgehead atoms. The van der Waals surface area contributed by atoms with Crippen LogP contribution in [-0.2, 0) is 13.9 Å². The Morgan fingerprint density at radius 2 is 2.00 bits per heavy atom. The van der Waals surface area contributed by atoms with E-state index in [2.05, 4.69) is 10.9 Å². The number of carbonyl (C=O) groups excluding carboxylic acids is 1. The predicted molar refractivity (Wildman–Crippen MR) is 93.3 cm³/mol. The van der Waals surface area contributed by atoms with Gasteiger partial charge in [0, 0.05) is 24.8 Å². The van der Waals surface area contributed by atoms with Crippen molar-refractivity contribution in [3.8, 4) is 5.75 Å². The minimum Gasteiger partial charge on any atom is -0.482 e. The van der Waals surface area contributed by atoms with Crippen LogP contribution in [0.4, 0.5) is 10.1 Å². The molecule has 9 heteroatoms. The molecule has 24 heavy (non-hydrogen) atoms. The Bertz CT molecular complexity index is 641. The first-order valence-electron chi connectivity index (χ1n) is 7.34. The van der Waals surface area contributed by atoms with Crippen molar-refractivity contribution in [2.75, 3.05) is 25.0 Å². The van der Waals surface area contributed by atoms with Gasteiger partial charge in [-0.15, -0.1) is 0 Å². The van der Waals surface area contributed by atoms with Crippen LogP contribution in [0.3, 0.4) is 0 Å². The average Bonchev–Trinajstić information content (AvgIpc) is 2.51. The highest BCUT2D eigenvalue weighted by molar-refractivity contribution is 7.58. The molecule has 0 fully saturated rings. The highest BCUT2D eigenvalue weighted by atomic mass is 35.5. The molecule has 0 saturated heterocycles. The van der Waals surface area contributed by atoms with Crippen LogP contribution < -0.4 is 15.6 Å². The fraction of sp³-hybridized carbons (Fsp3) is 0.533. The number of ether oxygens (including phenoxy) is 1. The van der Waals surface area contributed by atoms with Crippen molar-refractivity contribution in [1.82, 2.24) is 5.43 Å². The lowest BCUT2D eigenvalue weighted by Gasteiger charge is -2.20. The standard InChI is InChI=1S/C15H23ClFN2O4P/c1-6-24(21,22-5)9-23-13-8-12(11(17)7-10(13)16)18-19-14(20)15(2,3)4/h7-8,18H,6,9H2,1-5H3,(H,19,20). The third-order valence-corrected chi connectivity index (χ3v) is 5.69. The van der Waals surface area contributed by atoms with Crippen molar-refractivity contribution in [3.05, 3.63) is 23.0 Å². The van der Waals surface area contributed by atoms with E-state index in [-0.39, 0.29) is 28.7 Å². The summed E-state index contributed by atoms with van der Waals surface area (Å²) < 4.78 is 36.5. The van der Waals surface area contributed by atoms with Gasteiger partial charge in [-0.3, -0.25) is 20.2 Å². The minimum atomic E-state index is -2.91. The lowest BCUT2D eigenvalue weighted by Crippen LogP contribution is -2.38. The second-order valence-electron chi connectivity index (χ2n) is 6.18. The Labute approximate surface area is 146 Å². The molecule has 1 unspecified atom stereocenters. The molecule has 0 aliphatic rings. The van der Waals surface area contributed by atoms with E-state index in [4.69, 9.17) is 20.9 Å². The zero-order valence-corrected chi connectivity index (χ0v) is 16.1. The smallest absolute Gasteiger partial charge is 0.243 e. The Hall–Kier alpha value is -1.30. The number of amides is 1. The number of rotatable bonds is 7. The van der Waals surface area contributed by atoms with Crippen LogP contribution in [0, 0.1) is 11.2 Å². The van der Waals surface area contributed by atoms with Crippen LogP contribution in [0.25, 0.3) is 0 Å². The van der Waals surface area contributed by atoms with E-state index in [0.29, 0.717) is 6.16 Å². The second kappa shape index (κ2) is 8.19. The molecule has 1 aromatic rings. The molecule has 136 valence electrons. The van der Waals surface area contributed by atoms with Gasteiger partial charge in [0.25, 0.3) is 0 Å². The molecule has 1 rings (SSSR count). The van der Waals surface area contributed by atoms with Gasteiger partial charge in [-0.05, 0) is 6.07 Å². The molecule has 1 aromatic carbocycles. The third kappa shape index (κ3) is 5.65. The lowest BCUT2D eigenvalue weighted by molar-refractivity contribution is -0.127. The summed E-state index contributed by atoms with van der Waals surface area (Å²) >= 11 is 5.94. The molecule has 0 aliphatic heterocycles. The van der Waals surface area contributed by atoms with Crippen LogP contribution in [0.1, 0.15) is 27.7 Å². The number of anilines is 1. The monoisotopic (exact) mass is 380 g/mol. The normalized spacial score (nSPS) is 14.0. The minimum absolute atomic E-state index is 0.0178. The zero-order valence-electron chi connectivity index (χ0n) is 14.4. The number of benzene rings is 1. The van der Waals surface area contributed by atoms with Gasteiger partial charge >= 0.3 is 0 Å². The van der Waals surface area contributed by atoms with E-state index in [0.717, 1.165) is 6.07 Å². The Balaban J connectivity index is 2.89. The van der Waals surface area contributed by atoms with E-state index in [1.165, 1.54) is 13.2 Å². The molecule has 2 N–H and O–H groups in total. The number of hydrazine groups is 1. The quantitative estimate of drug-likeness (QED) is 0.546. The van der Waals surface area contributed by atoms with Crippen LogP contribution in [0.2, 0.25) is 5.02 Å². The van der Waals surface area contributed by atoms with Gasteiger partial charge in [0.2, 0.25) is 13.3 Å².